The average Bonchev–Trinajstić information content (AvgIpc) is 3.46. The second kappa shape index (κ2) is 12.5. The van der Waals surface area contributed by atoms with E-state index in [9.17, 15) is 24.3 Å². The molecule has 2 rings (SSSR count). The number of carboxylic acid groups (broad SMARTS) is 1. The Balaban J connectivity index is 2.03. The number of hydrogen-bond acceptors (Lipinski definition) is 7. The Kier molecular flexibility index (Phi) is 9.74. The summed E-state index contributed by atoms with van der Waals surface area (Å²) in [4.78, 5) is 63.0. The molecular weight excluding hydrogens is 444 g/mol. The summed E-state index contributed by atoms with van der Waals surface area (Å²) in [6.07, 6.45) is 6.48. The lowest BCUT2D eigenvalue weighted by Crippen LogP contribution is -2.57. The van der Waals surface area contributed by atoms with Crippen molar-refractivity contribution >= 4 is 23.7 Å². The first-order valence-electron chi connectivity index (χ1n) is 10.9. The van der Waals surface area contributed by atoms with Gasteiger partial charge in [-0.05, 0) is 19.3 Å². The molecule has 4 atom stereocenters. The van der Waals surface area contributed by atoms with Gasteiger partial charge in [-0.25, -0.2) is 14.8 Å². The molecule has 0 saturated heterocycles. The summed E-state index contributed by atoms with van der Waals surface area (Å²) in [5, 5.41) is 16.9. The van der Waals surface area contributed by atoms with Crippen LogP contribution >= 0.6 is 0 Å². The molecule has 0 aliphatic rings. The van der Waals surface area contributed by atoms with Crippen molar-refractivity contribution < 1.29 is 24.3 Å². The van der Waals surface area contributed by atoms with Crippen LogP contribution in [0.25, 0.3) is 0 Å². The molecule has 0 unspecified atom stereocenters. The van der Waals surface area contributed by atoms with Gasteiger partial charge in [0.15, 0.2) is 0 Å². The van der Waals surface area contributed by atoms with Gasteiger partial charge >= 0.3 is 5.97 Å². The predicted octanol–water partition coefficient (Wildman–Crippen LogP) is -1.15. The Bertz CT molecular complexity index is 945. The van der Waals surface area contributed by atoms with Crippen molar-refractivity contribution in [3.63, 3.8) is 0 Å². The number of aromatic amines is 2. The van der Waals surface area contributed by atoms with Gasteiger partial charge in [-0.1, -0.05) is 13.8 Å². The standard InChI is InChI=1S/C21H32N8O5/c1-11(2)4-17(21(33)34)29-18(30)12(3)27-20(32)16(6-14-8-24-10-26-14)28-19(31)15(22)5-13-7-23-9-25-13/h7-12,15-17H,4-6,22H2,1-3H3,(H,23,25)(H,24,26)(H,27,32)(H,28,31)(H,29,30)(H,33,34)/t12-,15-,16-,17-/m0/s1. The number of imidazole rings is 2. The third-order valence-electron chi connectivity index (χ3n) is 5.02. The van der Waals surface area contributed by atoms with Crippen LogP contribution in [0, 0.1) is 5.92 Å². The minimum atomic E-state index is -1.16. The van der Waals surface area contributed by atoms with Crippen molar-refractivity contribution in [1.82, 2.24) is 35.9 Å². The summed E-state index contributed by atoms with van der Waals surface area (Å²) in [7, 11) is 0. The number of amides is 3. The summed E-state index contributed by atoms with van der Waals surface area (Å²) in [6.45, 7) is 5.11. The molecule has 13 nitrogen and oxygen atoms in total. The highest BCUT2D eigenvalue weighted by molar-refractivity contribution is 5.94. The van der Waals surface area contributed by atoms with Crippen LogP contribution in [0.2, 0.25) is 0 Å². The molecule has 3 amide bonds. The lowest BCUT2D eigenvalue weighted by atomic mass is 10.0. The number of rotatable bonds is 13. The summed E-state index contributed by atoms with van der Waals surface area (Å²) in [5.41, 5.74) is 7.22. The number of nitrogens with two attached hydrogens (primary N) is 1. The van der Waals surface area contributed by atoms with E-state index in [2.05, 4.69) is 35.9 Å². The number of aliphatic carboxylic acids is 1. The van der Waals surface area contributed by atoms with E-state index < -0.39 is 47.9 Å². The summed E-state index contributed by atoms with van der Waals surface area (Å²) in [5.74, 6) is -2.95. The fourth-order valence-corrected chi connectivity index (χ4v) is 3.20. The van der Waals surface area contributed by atoms with Crippen molar-refractivity contribution in [3.05, 3.63) is 36.4 Å². The first kappa shape index (κ1) is 26.5. The fourth-order valence-electron chi connectivity index (χ4n) is 3.20. The zero-order chi connectivity index (χ0) is 25.3. The number of carbonyl (C=O) groups excluding carboxylic acids is 3. The van der Waals surface area contributed by atoms with Crippen LogP contribution in [0.15, 0.2) is 25.0 Å². The van der Waals surface area contributed by atoms with Crippen molar-refractivity contribution in [3.8, 4) is 0 Å². The van der Waals surface area contributed by atoms with Gasteiger partial charge in [0.25, 0.3) is 0 Å². The van der Waals surface area contributed by atoms with E-state index in [1.165, 1.54) is 25.8 Å². The van der Waals surface area contributed by atoms with Crippen molar-refractivity contribution in [2.24, 2.45) is 11.7 Å². The molecule has 2 aromatic heterocycles. The molecule has 0 aliphatic heterocycles. The van der Waals surface area contributed by atoms with Crippen molar-refractivity contribution in [1.29, 1.82) is 0 Å². The molecule has 2 heterocycles. The topological polar surface area (TPSA) is 208 Å². The van der Waals surface area contributed by atoms with E-state index >= 15 is 0 Å². The van der Waals surface area contributed by atoms with Gasteiger partial charge < -0.3 is 36.8 Å². The second-order valence-corrected chi connectivity index (χ2v) is 8.49. The predicted molar refractivity (Wildman–Crippen MR) is 121 cm³/mol. The van der Waals surface area contributed by atoms with E-state index in [1.54, 1.807) is 6.20 Å². The van der Waals surface area contributed by atoms with Crippen LogP contribution in [0.3, 0.4) is 0 Å². The number of nitrogens with zero attached hydrogens (tertiary/aromatic N) is 2. The third kappa shape index (κ3) is 8.31. The van der Waals surface area contributed by atoms with Crippen LogP contribution in [-0.4, -0.2) is 72.9 Å². The molecule has 0 saturated carbocycles. The van der Waals surface area contributed by atoms with Gasteiger partial charge in [0.2, 0.25) is 17.7 Å². The van der Waals surface area contributed by atoms with Gasteiger partial charge in [0.05, 0.1) is 18.7 Å². The molecule has 2 aromatic rings. The fraction of sp³-hybridized carbons (Fsp3) is 0.524. The second-order valence-electron chi connectivity index (χ2n) is 8.49. The number of H-pyrrole nitrogens is 2. The molecule has 0 fully saturated rings. The zero-order valence-electron chi connectivity index (χ0n) is 19.4. The van der Waals surface area contributed by atoms with Crippen LogP contribution in [0.1, 0.15) is 38.6 Å². The molecule has 34 heavy (non-hydrogen) atoms. The van der Waals surface area contributed by atoms with Gasteiger partial charge in [-0.2, -0.15) is 0 Å². The van der Waals surface area contributed by atoms with Gasteiger partial charge in [-0.3, -0.25) is 14.4 Å². The molecule has 0 aromatic carbocycles. The Hall–Kier alpha value is -3.74. The maximum atomic E-state index is 12.9. The Morgan fingerprint density at radius 1 is 0.882 bits per heavy atom. The van der Waals surface area contributed by atoms with Gasteiger partial charge in [-0.15, -0.1) is 0 Å². The molecule has 186 valence electrons. The normalized spacial score (nSPS) is 14.6. The molecule has 0 bridgehead atoms. The lowest BCUT2D eigenvalue weighted by molar-refractivity contribution is -0.142. The maximum Gasteiger partial charge on any atom is 0.326 e. The minimum Gasteiger partial charge on any atom is -0.480 e. The van der Waals surface area contributed by atoms with E-state index in [4.69, 9.17) is 5.73 Å². The molecule has 8 N–H and O–H groups in total. The first-order chi connectivity index (χ1) is 16.1. The quantitative estimate of drug-likeness (QED) is 0.187. The number of nitrogens with one attached hydrogen (secondary N) is 5. The summed E-state index contributed by atoms with van der Waals surface area (Å²) >= 11 is 0. The highest BCUT2D eigenvalue weighted by Crippen LogP contribution is 2.06. The van der Waals surface area contributed by atoms with Crippen molar-refractivity contribution in [2.45, 2.75) is 64.2 Å². The number of hydrogen-bond donors (Lipinski definition) is 7. The van der Waals surface area contributed by atoms with Gasteiger partial charge in [0.1, 0.15) is 18.1 Å². The third-order valence-corrected chi connectivity index (χ3v) is 5.02. The van der Waals surface area contributed by atoms with Crippen LogP contribution in [0.4, 0.5) is 0 Å². The van der Waals surface area contributed by atoms with Crippen LogP contribution in [-0.2, 0) is 32.0 Å². The highest BCUT2D eigenvalue weighted by Gasteiger charge is 2.29. The number of carbonyl (C=O) groups is 4. The Morgan fingerprint density at radius 2 is 1.44 bits per heavy atom. The molecular formula is C21H32N8O5. The zero-order valence-corrected chi connectivity index (χ0v) is 19.4. The maximum absolute atomic E-state index is 12.9. The molecule has 0 spiro atoms. The van der Waals surface area contributed by atoms with E-state index in [1.807, 2.05) is 13.8 Å². The van der Waals surface area contributed by atoms with Crippen LogP contribution in [0.5, 0.6) is 0 Å². The summed E-state index contributed by atoms with van der Waals surface area (Å²) < 4.78 is 0. The summed E-state index contributed by atoms with van der Waals surface area (Å²) in [6, 6.07) is -4.11. The van der Waals surface area contributed by atoms with Crippen LogP contribution < -0.4 is 21.7 Å². The average molecular weight is 477 g/mol. The Morgan fingerprint density at radius 3 is 1.94 bits per heavy atom. The smallest absolute Gasteiger partial charge is 0.326 e. The lowest BCUT2D eigenvalue weighted by Gasteiger charge is -2.23. The molecule has 13 heteroatoms. The largest absolute Gasteiger partial charge is 0.480 e. The Labute approximate surface area is 196 Å². The van der Waals surface area contributed by atoms with Crippen molar-refractivity contribution in [2.75, 3.05) is 0 Å². The monoisotopic (exact) mass is 476 g/mol. The van der Waals surface area contributed by atoms with E-state index in [0.29, 0.717) is 11.4 Å². The van der Waals surface area contributed by atoms with E-state index in [0.717, 1.165) is 0 Å². The SMILES string of the molecule is CC(C)C[C@H](NC(=O)[C@H](C)NC(=O)[C@H](Cc1cnc[nH]1)NC(=O)[C@@H](N)Cc1cnc[nH]1)C(=O)O. The van der Waals surface area contributed by atoms with Gasteiger partial charge in [0, 0.05) is 36.6 Å². The molecule has 0 radical (unpaired) electrons. The first-order valence-corrected chi connectivity index (χ1v) is 10.9. The minimum absolute atomic E-state index is 0.0475. The number of carboxylic acids is 1. The highest BCUT2D eigenvalue weighted by atomic mass is 16.4. The number of aromatic nitrogens is 4. The molecule has 0 aliphatic carbocycles. The van der Waals surface area contributed by atoms with E-state index in [-0.39, 0.29) is 25.2 Å².